The summed E-state index contributed by atoms with van der Waals surface area (Å²) in [6, 6.07) is -0.422. The molecule has 1 aliphatic heterocycles. The lowest BCUT2D eigenvalue weighted by atomic mass is 10.0. The first-order valence-electron chi connectivity index (χ1n) is 5.41. The Morgan fingerprint density at radius 2 is 2.12 bits per heavy atom. The third-order valence-electron chi connectivity index (χ3n) is 3.44. The van der Waals surface area contributed by atoms with E-state index in [1.54, 1.807) is 0 Å². The molecule has 2 atom stereocenters. The highest BCUT2D eigenvalue weighted by Crippen LogP contribution is 2.44. The second-order valence-electron chi connectivity index (χ2n) is 4.55. The molecule has 1 heterocycles. The van der Waals surface area contributed by atoms with Crippen molar-refractivity contribution in [2.75, 3.05) is 19.8 Å². The Balaban J connectivity index is 1.94. The van der Waals surface area contributed by atoms with Crippen LogP contribution in [0.3, 0.4) is 0 Å². The molecule has 2 unspecified atom stereocenters. The van der Waals surface area contributed by atoms with Gasteiger partial charge in [0.25, 0.3) is 0 Å². The van der Waals surface area contributed by atoms with Gasteiger partial charge < -0.3 is 20.9 Å². The maximum Gasteiger partial charge on any atom is 0.311 e. The van der Waals surface area contributed by atoms with E-state index >= 15 is 0 Å². The maximum absolute atomic E-state index is 11.8. The van der Waals surface area contributed by atoms with Gasteiger partial charge in [-0.3, -0.25) is 9.59 Å². The molecule has 0 aromatic heterocycles. The first-order valence-corrected chi connectivity index (χ1v) is 5.41. The van der Waals surface area contributed by atoms with Crippen LogP contribution in [0.15, 0.2) is 0 Å². The lowest BCUT2D eigenvalue weighted by Gasteiger charge is -2.19. The predicted octanol–water partition coefficient (Wildman–Crippen LogP) is -1.06. The fraction of sp³-hybridized carbons (Fsp3) is 0.800. The molecule has 6 heteroatoms. The molecule has 2 fully saturated rings. The minimum Gasteiger partial charge on any atom is -0.481 e. The van der Waals surface area contributed by atoms with Crippen LogP contribution in [0.5, 0.6) is 0 Å². The lowest BCUT2D eigenvalue weighted by Crippen LogP contribution is -2.47. The molecule has 1 saturated carbocycles. The van der Waals surface area contributed by atoms with Gasteiger partial charge in [0.15, 0.2) is 0 Å². The molecule has 16 heavy (non-hydrogen) atoms. The van der Waals surface area contributed by atoms with Crippen molar-refractivity contribution < 1.29 is 19.4 Å². The SMILES string of the molecule is NCC1(C(=O)NC2COCC2C(=O)O)CC1. The van der Waals surface area contributed by atoms with Gasteiger partial charge in [-0.15, -0.1) is 0 Å². The highest BCUT2D eigenvalue weighted by atomic mass is 16.5. The minimum atomic E-state index is -0.930. The molecule has 1 saturated heterocycles. The van der Waals surface area contributed by atoms with Gasteiger partial charge in [0.1, 0.15) is 5.92 Å². The molecule has 0 aromatic rings. The first-order chi connectivity index (χ1) is 7.59. The summed E-state index contributed by atoms with van der Waals surface area (Å²) < 4.78 is 5.07. The summed E-state index contributed by atoms with van der Waals surface area (Å²) in [5.74, 6) is -1.70. The van der Waals surface area contributed by atoms with Crippen LogP contribution in [-0.4, -0.2) is 42.8 Å². The van der Waals surface area contributed by atoms with E-state index in [-0.39, 0.29) is 19.1 Å². The van der Waals surface area contributed by atoms with Gasteiger partial charge in [0, 0.05) is 6.54 Å². The lowest BCUT2D eigenvalue weighted by molar-refractivity contribution is -0.142. The predicted molar refractivity (Wildman–Crippen MR) is 54.6 cm³/mol. The Morgan fingerprint density at radius 3 is 2.62 bits per heavy atom. The van der Waals surface area contributed by atoms with Gasteiger partial charge in [0.2, 0.25) is 5.91 Å². The van der Waals surface area contributed by atoms with Gasteiger partial charge in [-0.25, -0.2) is 0 Å². The molecule has 0 bridgehead atoms. The van der Waals surface area contributed by atoms with Gasteiger partial charge in [-0.1, -0.05) is 0 Å². The highest BCUT2D eigenvalue weighted by molar-refractivity contribution is 5.86. The number of hydrogen-bond donors (Lipinski definition) is 3. The van der Waals surface area contributed by atoms with E-state index in [4.69, 9.17) is 15.6 Å². The highest BCUT2D eigenvalue weighted by Gasteiger charge is 2.50. The second kappa shape index (κ2) is 4.03. The first kappa shape index (κ1) is 11.3. The van der Waals surface area contributed by atoms with Gasteiger partial charge in [0.05, 0.1) is 24.7 Å². The molecule has 0 radical (unpaired) electrons. The van der Waals surface area contributed by atoms with Gasteiger partial charge in [-0.2, -0.15) is 0 Å². The third kappa shape index (κ3) is 1.90. The smallest absolute Gasteiger partial charge is 0.311 e. The summed E-state index contributed by atoms with van der Waals surface area (Å²) in [5.41, 5.74) is 5.09. The number of rotatable bonds is 4. The Morgan fingerprint density at radius 1 is 1.44 bits per heavy atom. The van der Waals surface area contributed by atoms with Crippen molar-refractivity contribution in [1.29, 1.82) is 0 Å². The zero-order valence-corrected chi connectivity index (χ0v) is 8.94. The molecule has 2 rings (SSSR count). The van der Waals surface area contributed by atoms with Crippen LogP contribution in [0.1, 0.15) is 12.8 Å². The number of aliphatic carboxylic acids is 1. The van der Waals surface area contributed by atoms with Crippen molar-refractivity contribution in [2.24, 2.45) is 17.1 Å². The fourth-order valence-electron chi connectivity index (χ4n) is 1.94. The molecular formula is C10H16N2O4. The number of nitrogens with two attached hydrogens (primary N) is 1. The monoisotopic (exact) mass is 228 g/mol. The molecule has 2 aliphatic rings. The van der Waals surface area contributed by atoms with Crippen LogP contribution in [-0.2, 0) is 14.3 Å². The average Bonchev–Trinajstić information content (AvgIpc) is 2.92. The molecule has 1 aliphatic carbocycles. The quantitative estimate of drug-likeness (QED) is 0.569. The maximum atomic E-state index is 11.8. The number of carbonyl (C=O) groups is 2. The third-order valence-corrected chi connectivity index (χ3v) is 3.44. The fourth-order valence-corrected chi connectivity index (χ4v) is 1.94. The van der Waals surface area contributed by atoms with Gasteiger partial charge in [-0.05, 0) is 12.8 Å². The topological polar surface area (TPSA) is 102 Å². The number of amides is 1. The summed E-state index contributed by atoms with van der Waals surface area (Å²) in [4.78, 5) is 22.7. The van der Waals surface area contributed by atoms with Crippen LogP contribution in [0.2, 0.25) is 0 Å². The number of hydrogen-bond acceptors (Lipinski definition) is 4. The van der Waals surface area contributed by atoms with E-state index in [2.05, 4.69) is 5.32 Å². The van der Waals surface area contributed by atoms with E-state index in [0.717, 1.165) is 12.8 Å². The molecule has 6 nitrogen and oxygen atoms in total. The van der Waals surface area contributed by atoms with Crippen molar-refractivity contribution in [3.05, 3.63) is 0 Å². The van der Waals surface area contributed by atoms with E-state index in [1.807, 2.05) is 0 Å². The Labute approximate surface area is 93.1 Å². The van der Waals surface area contributed by atoms with E-state index in [1.165, 1.54) is 0 Å². The van der Waals surface area contributed by atoms with E-state index in [9.17, 15) is 9.59 Å². The number of carboxylic acid groups (broad SMARTS) is 1. The van der Waals surface area contributed by atoms with Crippen LogP contribution in [0.4, 0.5) is 0 Å². The van der Waals surface area contributed by atoms with Crippen LogP contribution in [0.25, 0.3) is 0 Å². The standard InChI is InChI=1S/C10H16N2O4/c11-5-10(1-2-10)9(15)12-7-4-16-3-6(7)8(13)14/h6-7H,1-5,11H2,(H,12,15)(H,13,14). The minimum absolute atomic E-state index is 0.128. The molecule has 1 amide bonds. The summed E-state index contributed by atoms with van der Waals surface area (Å²) in [6.07, 6.45) is 1.58. The van der Waals surface area contributed by atoms with Gasteiger partial charge >= 0.3 is 5.97 Å². The summed E-state index contributed by atoms with van der Waals surface area (Å²) >= 11 is 0. The van der Waals surface area contributed by atoms with Crippen LogP contribution >= 0.6 is 0 Å². The van der Waals surface area contributed by atoms with Crippen molar-refractivity contribution in [3.63, 3.8) is 0 Å². The van der Waals surface area contributed by atoms with E-state index in [0.29, 0.717) is 6.54 Å². The molecular weight excluding hydrogens is 212 g/mol. The summed E-state index contributed by atoms with van der Waals surface area (Å²) in [6.45, 7) is 0.753. The Bertz CT molecular complexity index is 314. The van der Waals surface area contributed by atoms with Crippen molar-refractivity contribution >= 4 is 11.9 Å². The molecule has 0 spiro atoms. The zero-order chi connectivity index (χ0) is 11.8. The van der Waals surface area contributed by atoms with Crippen LogP contribution in [0, 0.1) is 11.3 Å². The van der Waals surface area contributed by atoms with Crippen molar-refractivity contribution in [2.45, 2.75) is 18.9 Å². The Hall–Kier alpha value is -1.14. The van der Waals surface area contributed by atoms with Crippen molar-refractivity contribution in [1.82, 2.24) is 5.32 Å². The van der Waals surface area contributed by atoms with Crippen molar-refractivity contribution in [3.8, 4) is 0 Å². The number of ether oxygens (including phenoxy) is 1. The summed E-state index contributed by atoms with van der Waals surface area (Å²) in [5, 5.41) is 11.7. The largest absolute Gasteiger partial charge is 0.481 e. The van der Waals surface area contributed by atoms with E-state index < -0.39 is 23.3 Å². The number of carboxylic acids is 1. The summed E-state index contributed by atoms with van der Waals surface area (Å²) in [7, 11) is 0. The average molecular weight is 228 g/mol. The molecule has 90 valence electrons. The normalized spacial score (nSPS) is 31.1. The van der Waals surface area contributed by atoms with Crippen LogP contribution < -0.4 is 11.1 Å². The molecule has 0 aromatic carbocycles. The second-order valence-corrected chi connectivity index (χ2v) is 4.55. The number of nitrogens with one attached hydrogen (secondary N) is 1. The Kier molecular flexibility index (Phi) is 2.86. The molecule has 4 N–H and O–H groups in total. The zero-order valence-electron chi connectivity index (χ0n) is 8.94. The number of carbonyl (C=O) groups excluding carboxylic acids is 1.